The summed E-state index contributed by atoms with van der Waals surface area (Å²) in [6, 6.07) is 7.13. The molecule has 0 radical (unpaired) electrons. The van der Waals surface area contributed by atoms with Crippen LogP contribution in [0.1, 0.15) is 50.5 Å². The highest BCUT2D eigenvalue weighted by Crippen LogP contribution is 2.34. The van der Waals surface area contributed by atoms with Gasteiger partial charge in [0, 0.05) is 31.0 Å². The van der Waals surface area contributed by atoms with E-state index in [1.165, 1.54) is 12.1 Å². The van der Waals surface area contributed by atoms with Crippen LogP contribution in [0.15, 0.2) is 24.3 Å². The third-order valence-electron chi connectivity index (χ3n) is 5.39. The summed E-state index contributed by atoms with van der Waals surface area (Å²) in [6.45, 7) is 2.85. The Hall–Kier alpha value is -1.42. The molecule has 2 aliphatic rings. The van der Waals surface area contributed by atoms with Crippen LogP contribution in [-0.2, 0) is 4.79 Å². The van der Waals surface area contributed by atoms with Gasteiger partial charge < -0.3 is 10.6 Å². The van der Waals surface area contributed by atoms with Crippen LogP contribution in [-0.4, -0.2) is 29.4 Å². The number of nitrogens with two attached hydrogens (primary N) is 1. The Labute approximate surface area is 131 Å². The van der Waals surface area contributed by atoms with Gasteiger partial charge in [0.2, 0.25) is 5.91 Å². The van der Waals surface area contributed by atoms with Gasteiger partial charge in [0.1, 0.15) is 5.82 Å². The van der Waals surface area contributed by atoms with Crippen LogP contribution in [0.5, 0.6) is 0 Å². The molecule has 1 heterocycles. The van der Waals surface area contributed by atoms with Crippen LogP contribution in [0, 0.1) is 11.7 Å². The quantitative estimate of drug-likeness (QED) is 0.933. The number of carbonyl (C=O) groups excluding carboxylic acids is 1. The van der Waals surface area contributed by atoms with Crippen molar-refractivity contribution in [1.29, 1.82) is 0 Å². The van der Waals surface area contributed by atoms with Gasteiger partial charge >= 0.3 is 0 Å². The number of hydrogen-bond donors (Lipinski definition) is 1. The monoisotopic (exact) mass is 304 g/mol. The lowest BCUT2D eigenvalue weighted by Gasteiger charge is -2.24. The van der Waals surface area contributed by atoms with Crippen molar-refractivity contribution in [1.82, 2.24) is 4.90 Å². The van der Waals surface area contributed by atoms with Gasteiger partial charge in [-0.2, -0.15) is 0 Å². The minimum absolute atomic E-state index is 0.190. The van der Waals surface area contributed by atoms with Crippen LogP contribution < -0.4 is 5.73 Å². The molecule has 0 bridgehead atoms. The highest BCUT2D eigenvalue weighted by molar-refractivity contribution is 5.77. The van der Waals surface area contributed by atoms with E-state index in [9.17, 15) is 9.18 Å². The Balaban J connectivity index is 1.62. The number of nitrogens with zero attached hydrogens (tertiary/aromatic N) is 1. The first-order valence-electron chi connectivity index (χ1n) is 8.35. The van der Waals surface area contributed by atoms with Crippen molar-refractivity contribution in [3.8, 4) is 0 Å². The number of hydrogen-bond acceptors (Lipinski definition) is 2. The largest absolute Gasteiger partial charge is 0.339 e. The average molecular weight is 304 g/mol. The maximum Gasteiger partial charge on any atom is 0.223 e. The molecule has 1 aromatic rings. The number of likely N-dealkylation sites (tertiary alicyclic amines) is 1. The summed E-state index contributed by atoms with van der Waals surface area (Å²) >= 11 is 0. The fourth-order valence-electron chi connectivity index (χ4n) is 4.02. The molecule has 22 heavy (non-hydrogen) atoms. The molecule has 4 atom stereocenters. The molecule has 4 heteroatoms. The van der Waals surface area contributed by atoms with Crippen molar-refractivity contribution in [2.24, 2.45) is 11.7 Å². The minimum atomic E-state index is -0.210. The standard InChI is InChI=1S/C18H25FN2O/c1-12-9-15(13-5-7-16(19)8-6-13)11-21(12)18(22)10-14-3-2-4-17(14)20/h5-8,12,14-15,17H,2-4,9-11,20H2,1H3/t12?,14-,15?,17+/m0/s1. The van der Waals surface area contributed by atoms with E-state index < -0.39 is 0 Å². The normalized spacial score (nSPS) is 31.7. The smallest absolute Gasteiger partial charge is 0.223 e. The highest BCUT2D eigenvalue weighted by Gasteiger charge is 2.35. The van der Waals surface area contributed by atoms with E-state index in [-0.39, 0.29) is 23.8 Å². The first-order chi connectivity index (χ1) is 10.5. The van der Waals surface area contributed by atoms with Gasteiger partial charge in [-0.25, -0.2) is 4.39 Å². The molecule has 0 spiro atoms. The van der Waals surface area contributed by atoms with Crippen molar-refractivity contribution < 1.29 is 9.18 Å². The summed E-state index contributed by atoms with van der Waals surface area (Å²) in [4.78, 5) is 14.6. The van der Waals surface area contributed by atoms with Crippen LogP contribution in [0.3, 0.4) is 0 Å². The minimum Gasteiger partial charge on any atom is -0.339 e. The highest BCUT2D eigenvalue weighted by atomic mass is 19.1. The fraction of sp³-hybridized carbons (Fsp3) is 0.611. The molecule has 120 valence electrons. The Morgan fingerprint density at radius 1 is 1.32 bits per heavy atom. The maximum absolute atomic E-state index is 13.0. The first kappa shape index (κ1) is 15.5. The molecule has 1 amide bonds. The fourth-order valence-corrected chi connectivity index (χ4v) is 4.02. The van der Waals surface area contributed by atoms with Gasteiger partial charge in [-0.3, -0.25) is 4.79 Å². The van der Waals surface area contributed by atoms with E-state index >= 15 is 0 Å². The zero-order valence-electron chi connectivity index (χ0n) is 13.2. The number of rotatable bonds is 3. The molecule has 2 unspecified atom stereocenters. The second-order valence-electron chi connectivity index (χ2n) is 6.94. The molecule has 1 aliphatic carbocycles. The lowest BCUT2D eigenvalue weighted by Crippen LogP contribution is -2.37. The van der Waals surface area contributed by atoms with E-state index in [0.29, 0.717) is 18.3 Å². The molecular formula is C18H25FN2O. The van der Waals surface area contributed by atoms with Crippen molar-refractivity contribution >= 4 is 5.91 Å². The molecule has 3 rings (SSSR count). The van der Waals surface area contributed by atoms with Gasteiger partial charge in [-0.1, -0.05) is 18.6 Å². The molecule has 1 aliphatic heterocycles. The molecule has 2 N–H and O–H groups in total. The number of halogens is 1. The van der Waals surface area contributed by atoms with Gasteiger partial charge in [-0.15, -0.1) is 0 Å². The molecule has 3 nitrogen and oxygen atoms in total. The second kappa shape index (κ2) is 6.37. The zero-order chi connectivity index (χ0) is 15.7. The third-order valence-corrected chi connectivity index (χ3v) is 5.39. The van der Waals surface area contributed by atoms with Crippen molar-refractivity contribution in [3.63, 3.8) is 0 Å². The SMILES string of the molecule is CC1CC(c2ccc(F)cc2)CN1C(=O)C[C@@H]1CCC[C@H]1N. The van der Waals surface area contributed by atoms with E-state index in [0.717, 1.165) is 37.8 Å². The Kier molecular flexibility index (Phi) is 4.48. The summed E-state index contributed by atoms with van der Waals surface area (Å²) in [5.41, 5.74) is 7.21. The summed E-state index contributed by atoms with van der Waals surface area (Å²) in [6.07, 6.45) is 4.81. The first-order valence-corrected chi connectivity index (χ1v) is 8.35. The summed E-state index contributed by atoms with van der Waals surface area (Å²) < 4.78 is 13.0. The zero-order valence-corrected chi connectivity index (χ0v) is 13.2. The van der Waals surface area contributed by atoms with E-state index in [4.69, 9.17) is 5.73 Å². The lowest BCUT2D eigenvalue weighted by atomic mass is 9.97. The number of benzene rings is 1. The van der Waals surface area contributed by atoms with E-state index in [1.54, 1.807) is 0 Å². The van der Waals surface area contributed by atoms with Gasteiger partial charge in [-0.05, 0) is 49.8 Å². The predicted octanol–water partition coefficient (Wildman–Crippen LogP) is 3.05. The van der Waals surface area contributed by atoms with Gasteiger partial charge in [0.15, 0.2) is 0 Å². The molecule has 2 fully saturated rings. The summed E-state index contributed by atoms with van der Waals surface area (Å²) in [7, 11) is 0. The maximum atomic E-state index is 13.0. The molecule has 1 saturated heterocycles. The van der Waals surface area contributed by atoms with Crippen LogP contribution in [0.25, 0.3) is 0 Å². The molecule has 1 saturated carbocycles. The van der Waals surface area contributed by atoms with Crippen molar-refractivity contribution in [2.45, 2.75) is 57.0 Å². The average Bonchev–Trinajstić information content (AvgIpc) is 3.06. The van der Waals surface area contributed by atoms with Crippen LogP contribution in [0.4, 0.5) is 4.39 Å². The van der Waals surface area contributed by atoms with Gasteiger partial charge in [0.25, 0.3) is 0 Å². The van der Waals surface area contributed by atoms with Crippen LogP contribution >= 0.6 is 0 Å². The molecule has 0 aromatic heterocycles. The number of carbonyl (C=O) groups is 1. The third kappa shape index (κ3) is 3.17. The molecule has 1 aromatic carbocycles. The predicted molar refractivity (Wildman–Crippen MR) is 84.9 cm³/mol. The van der Waals surface area contributed by atoms with Crippen molar-refractivity contribution in [3.05, 3.63) is 35.6 Å². The summed E-state index contributed by atoms with van der Waals surface area (Å²) in [5, 5.41) is 0. The Morgan fingerprint density at radius 3 is 2.68 bits per heavy atom. The Morgan fingerprint density at radius 2 is 2.05 bits per heavy atom. The summed E-state index contributed by atoms with van der Waals surface area (Å²) in [5.74, 6) is 0.693. The second-order valence-corrected chi connectivity index (χ2v) is 6.94. The van der Waals surface area contributed by atoms with Gasteiger partial charge in [0.05, 0.1) is 0 Å². The van der Waals surface area contributed by atoms with Crippen LogP contribution in [0.2, 0.25) is 0 Å². The van der Waals surface area contributed by atoms with E-state index in [2.05, 4.69) is 6.92 Å². The Bertz CT molecular complexity index is 530. The van der Waals surface area contributed by atoms with Crippen molar-refractivity contribution in [2.75, 3.05) is 6.54 Å². The molecular weight excluding hydrogens is 279 g/mol. The lowest BCUT2D eigenvalue weighted by molar-refractivity contribution is -0.132. The van der Waals surface area contributed by atoms with E-state index in [1.807, 2.05) is 17.0 Å². The number of amides is 1. The topological polar surface area (TPSA) is 46.3 Å².